The maximum Gasteiger partial charge on any atom is 0.0795 e. The number of rotatable bonds is 7. The molecule has 1 aliphatic heterocycles. The molecule has 0 aromatic heterocycles. The molecule has 0 bridgehead atoms. The van der Waals surface area contributed by atoms with Crippen molar-refractivity contribution < 1.29 is 0 Å². The number of nitrogens with zero attached hydrogens (tertiary/aromatic N) is 1. The standard InChI is InChI=1S/C18H29ClNSi/c1-21(2)18-11-10-17(19)15-16(18)9-5-3-6-12-20-13-7-4-8-14-20/h10-11,15H,3-9,12-14H2,1-2H3. The molecule has 0 N–H and O–H groups in total. The summed E-state index contributed by atoms with van der Waals surface area (Å²) in [5.41, 5.74) is 1.50. The lowest BCUT2D eigenvalue weighted by atomic mass is 10.1. The maximum atomic E-state index is 6.17. The fourth-order valence-corrected chi connectivity index (χ4v) is 4.72. The molecule has 1 radical (unpaired) electrons. The summed E-state index contributed by atoms with van der Waals surface area (Å²) in [6, 6.07) is 6.49. The third-order valence-electron chi connectivity index (χ3n) is 4.48. The smallest absolute Gasteiger partial charge is 0.0795 e. The van der Waals surface area contributed by atoms with Crippen LogP contribution in [0.25, 0.3) is 0 Å². The Morgan fingerprint density at radius 3 is 2.52 bits per heavy atom. The van der Waals surface area contributed by atoms with Gasteiger partial charge in [0.1, 0.15) is 0 Å². The van der Waals surface area contributed by atoms with Crippen LogP contribution in [0, 0.1) is 0 Å². The van der Waals surface area contributed by atoms with Gasteiger partial charge < -0.3 is 4.90 Å². The number of piperidine rings is 1. The molecule has 1 aromatic rings. The molecule has 1 aromatic carbocycles. The Labute approximate surface area is 137 Å². The topological polar surface area (TPSA) is 3.24 Å². The zero-order chi connectivity index (χ0) is 15.1. The second-order valence-electron chi connectivity index (χ2n) is 6.51. The summed E-state index contributed by atoms with van der Waals surface area (Å²) in [5.74, 6) is 0. The molecule has 0 aliphatic carbocycles. The Hall–Kier alpha value is -0.313. The van der Waals surface area contributed by atoms with Gasteiger partial charge in [0.2, 0.25) is 0 Å². The normalized spacial score (nSPS) is 16.6. The summed E-state index contributed by atoms with van der Waals surface area (Å²) in [4.78, 5) is 2.65. The van der Waals surface area contributed by atoms with Gasteiger partial charge in [-0.1, -0.05) is 48.8 Å². The molecule has 2 rings (SSSR count). The maximum absolute atomic E-state index is 6.17. The summed E-state index contributed by atoms with van der Waals surface area (Å²) in [6.07, 6.45) is 9.45. The molecule has 3 heteroatoms. The van der Waals surface area contributed by atoms with Crippen LogP contribution in [0.3, 0.4) is 0 Å². The van der Waals surface area contributed by atoms with Gasteiger partial charge in [0.05, 0.1) is 8.80 Å². The summed E-state index contributed by atoms with van der Waals surface area (Å²) >= 11 is 6.17. The van der Waals surface area contributed by atoms with E-state index in [4.69, 9.17) is 11.6 Å². The molecule has 0 spiro atoms. The molecule has 0 atom stereocenters. The molecule has 0 unspecified atom stereocenters. The molecular formula is C18H29ClNSi. The monoisotopic (exact) mass is 322 g/mol. The Bertz CT molecular complexity index is 427. The lowest BCUT2D eigenvalue weighted by molar-refractivity contribution is 0.224. The van der Waals surface area contributed by atoms with Crippen molar-refractivity contribution in [1.82, 2.24) is 4.90 Å². The van der Waals surface area contributed by atoms with Gasteiger partial charge in [0.15, 0.2) is 0 Å². The van der Waals surface area contributed by atoms with Crippen LogP contribution < -0.4 is 5.19 Å². The number of aryl methyl sites for hydroxylation is 1. The second-order valence-corrected chi connectivity index (χ2v) is 9.49. The highest BCUT2D eigenvalue weighted by Crippen LogP contribution is 2.14. The van der Waals surface area contributed by atoms with Gasteiger partial charge in [-0.25, -0.2) is 0 Å². The number of hydrogen-bond acceptors (Lipinski definition) is 1. The minimum atomic E-state index is -0.384. The summed E-state index contributed by atoms with van der Waals surface area (Å²) in [7, 11) is -0.384. The largest absolute Gasteiger partial charge is 0.303 e. The lowest BCUT2D eigenvalue weighted by Gasteiger charge is -2.26. The van der Waals surface area contributed by atoms with Gasteiger partial charge in [-0.3, -0.25) is 0 Å². The van der Waals surface area contributed by atoms with Crippen molar-refractivity contribution in [2.24, 2.45) is 0 Å². The first-order valence-electron chi connectivity index (χ1n) is 8.48. The van der Waals surface area contributed by atoms with Crippen molar-refractivity contribution >= 4 is 25.6 Å². The molecule has 1 heterocycles. The summed E-state index contributed by atoms with van der Waals surface area (Å²) in [6.45, 7) is 8.70. The van der Waals surface area contributed by atoms with Gasteiger partial charge in [-0.15, -0.1) is 0 Å². The molecule has 117 valence electrons. The molecule has 21 heavy (non-hydrogen) atoms. The third-order valence-corrected chi connectivity index (χ3v) is 6.28. The first-order valence-corrected chi connectivity index (χ1v) is 11.4. The van der Waals surface area contributed by atoms with Crippen LogP contribution in [0.2, 0.25) is 18.1 Å². The molecule has 0 amide bonds. The number of unbranched alkanes of at least 4 members (excludes halogenated alkanes) is 2. The van der Waals surface area contributed by atoms with Crippen LogP contribution in [-0.2, 0) is 6.42 Å². The fraction of sp³-hybridized carbons (Fsp3) is 0.667. The van der Waals surface area contributed by atoms with Gasteiger partial charge in [0, 0.05) is 5.02 Å². The van der Waals surface area contributed by atoms with Gasteiger partial charge in [-0.2, -0.15) is 0 Å². The van der Waals surface area contributed by atoms with E-state index in [-0.39, 0.29) is 8.80 Å². The predicted molar refractivity (Wildman–Crippen MR) is 96.4 cm³/mol. The highest BCUT2D eigenvalue weighted by atomic mass is 35.5. The zero-order valence-corrected chi connectivity index (χ0v) is 15.4. The van der Waals surface area contributed by atoms with Crippen LogP contribution in [0.5, 0.6) is 0 Å². The van der Waals surface area contributed by atoms with Crippen LogP contribution in [0.1, 0.15) is 44.1 Å². The average Bonchev–Trinajstić information content (AvgIpc) is 2.48. The van der Waals surface area contributed by atoms with E-state index in [1.807, 2.05) is 0 Å². The molecule has 1 fully saturated rings. The van der Waals surface area contributed by atoms with Gasteiger partial charge >= 0.3 is 0 Å². The molecule has 0 saturated carbocycles. The van der Waals surface area contributed by atoms with E-state index in [0.717, 1.165) is 5.02 Å². The van der Waals surface area contributed by atoms with E-state index in [2.05, 4.69) is 36.2 Å². The Morgan fingerprint density at radius 2 is 1.81 bits per heavy atom. The third kappa shape index (κ3) is 5.76. The first kappa shape index (κ1) is 17.0. The van der Waals surface area contributed by atoms with Crippen molar-refractivity contribution in [1.29, 1.82) is 0 Å². The highest BCUT2D eigenvalue weighted by Gasteiger charge is 2.10. The van der Waals surface area contributed by atoms with E-state index in [1.165, 1.54) is 70.1 Å². The number of likely N-dealkylation sites (tertiary alicyclic amines) is 1. The quantitative estimate of drug-likeness (QED) is 0.527. The van der Waals surface area contributed by atoms with Crippen LogP contribution in [0.15, 0.2) is 18.2 Å². The van der Waals surface area contributed by atoms with Crippen molar-refractivity contribution in [2.45, 2.75) is 58.0 Å². The van der Waals surface area contributed by atoms with Crippen LogP contribution >= 0.6 is 11.6 Å². The lowest BCUT2D eigenvalue weighted by Crippen LogP contribution is -2.30. The average molecular weight is 323 g/mol. The van der Waals surface area contributed by atoms with Crippen molar-refractivity contribution in [3.63, 3.8) is 0 Å². The molecule has 1 nitrogen and oxygen atoms in total. The van der Waals surface area contributed by atoms with Crippen LogP contribution in [0.4, 0.5) is 0 Å². The molecular weight excluding hydrogens is 294 g/mol. The minimum Gasteiger partial charge on any atom is -0.303 e. The SMILES string of the molecule is C[Si](C)c1ccc(Cl)cc1CCCCCN1CCCCC1. The minimum absolute atomic E-state index is 0.384. The van der Waals surface area contributed by atoms with Gasteiger partial charge in [-0.05, 0) is 69.4 Å². The van der Waals surface area contributed by atoms with Crippen molar-refractivity contribution in [3.8, 4) is 0 Å². The molecule has 1 saturated heterocycles. The highest BCUT2D eigenvalue weighted by molar-refractivity contribution is 6.71. The fourth-order valence-electron chi connectivity index (χ4n) is 3.27. The number of hydrogen-bond donors (Lipinski definition) is 0. The Morgan fingerprint density at radius 1 is 1.05 bits per heavy atom. The van der Waals surface area contributed by atoms with E-state index < -0.39 is 0 Å². The van der Waals surface area contributed by atoms with E-state index in [9.17, 15) is 0 Å². The molecule has 1 aliphatic rings. The van der Waals surface area contributed by atoms with E-state index >= 15 is 0 Å². The van der Waals surface area contributed by atoms with E-state index in [0.29, 0.717) is 0 Å². The van der Waals surface area contributed by atoms with Crippen molar-refractivity contribution in [2.75, 3.05) is 19.6 Å². The van der Waals surface area contributed by atoms with Crippen molar-refractivity contribution in [3.05, 3.63) is 28.8 Å². The Kier molecular flexibility index (Phi) is 7.28. The summed E-state index contributed by atoms with van der Waals surface area (Å²) in [5, 5.41) is 2.46. The summed E-state index contributed by atoms with van der Waals surface area (Å²) < 4.78 is 0. The van der Waals surface area contributed by atoms with E-state index in [1.54, 1.807) is 5.19 Å². The predicted octanol–water partition coefficient (Wildman–Crippen LogP) is 4.50. The first-order chi connectivity index (χ1) is 10.2. The number of halogens is 1. The zero-order valence-electron chi connectivity index (χ0n) is 13.6. The number of benzene rings is 1. The van der Waals surface area contributed by atoms with Gasteiger partial charge in [0.25, 0.3) is 0 Å². The van der Waals surface area contributed by atoms with Crippen LogP contribution in [-0.4, -0.2) is 33.3 Å². The second kappa shape index (κ2) is 8.97. The Balaban J connectivity index is 1.71.